The van der Waals surface area contributed by atoms with E-state index in [1.807, 2.05) is 24.4 Å². The summed E-state index contributed by atoms with van der Waals surface area (Å²) >= 11 is 0. The highest BCUT2D eigenvalue weighted by molar-refractivity contribution is 5.93. The molecule has 66 valence electrons. The Balaban J connectivity index is 2.52. The molecule has 0 saturated carbocycles. The summed E-state index contributed by atoms with van der Waals surface area (Å²) in [5.74, 6) is 0. The van der Waals surface area contributed by atoms with Gasteiger partial charge in [0.1, 0.15) is 6.33 Å². The topological polar surface area (TPSA) is 38.7 Å². The number of rotatable bonds is 0. The van der Waals surface area contributed by atoms with Gasteiger partial charge in [-0.05, 0) is 18.2 Å². The first-order valence-electron chi connectivity index (χ1n) is 4.38. The van der Waals surface area contributed by atoms with E-state index in [1.165, 1.54) is 0 Å². The lowest BCUT2D eigenvalue weighted by Crippen LogP contribution is -1.83. The monoisotopic (exact) mass is 181 g/mol. The van der Waals surface area contributed by atoms with Crippen LogP contribution in [0.1, 0.15) is 0 Å². The van der Waals surface area contributed by atoms with Crippen molar-refractivity contribution in [1.82, 2.24) is 15.0 Å². The molecule has 0 atom stereocenters. The first kappa shape index (κ1) is 7.38. The number of aromatic nitrogens is 3. The van der Waals surface area contributed by atoms with Crippen LogP contribution in [-0.2, 0) is 0 Å². The van der Waals surface area contributed by atoms with Gasteiger partial charge in [-0.2, -0.15) is 0 Å². The molecule has 0 aliphatic rings. The maximum absolute atomic E-state index is 4.27. The second-order valence-electron chi connectivity index (χ2n) is 3.13. The van der Waals surface area contributed by atoms with Crippen LogP contribution in [0.15, 0.2) is 43.0 Å². The average Bonchev–Trinajstić information content (AvgIpc) is 2.26. The molecule has 14 heavy (non-hydrogen) atoms. The zero-order valence-corrected chi connectivity index (χ0v) is 7.38. The van der Waals surface area contributed by atoms with Crippen LogP contribution in [0.4, 0.5) is 0 Å². The first-order valence-corrected chi connectivity index (χ1v) is 4.38. The Labute approximate surface area is 80.5 Å². The Kier molecular flexibility index (Phi) is 1.44. The van der Waals surface area contributed by atoms with Gasteiger partial charge in [0.05, 0.1) is 11.0 Å². The summed E-state index contributed by atoms with van der Waals surface area (Å²) in [6.45, 7) is 0. The quantitative estimate of drug-likeness (QED) is 0.499. The molecule has 0 radical (unpaired) electrons. The van der Waals surface area contributed by atoms with Crippen molar-refractivity contribution in [2.45, 2.75) is 0 Å². The molecule has 0 N–H and O–H groups in total. The Morgan fingerprint density at radius 1 is 0.929 bits per heavy atom. The van der Waals surface area contributed by atoms with Crippen molar-refractivity contribution in [1.29, 1.82) is 0 Å². The molecule has 1 aromatic carbocycles. The van der Waals surface area contributed by atoms with E-state index in [-0.39, 0.29) is 0 Å². The first-order chi connectivity index (χ1) is 6.93. The minimum Gasteiger partial charge on any atom is -0.256 e. The second-order valence-corrected chi connectivity index (χ2v) is 3.13. The summed E-state index contributed by atoms with van der Waals surface area (Å²) in [5.41, 5.74) is 1.91. The fraction of sp³-hybridized carbons (Fsp3) is 0. The molecule has 0 unspecified atom stereocenters. The number of pyridine rings is 1. The summed E-state index contributed by atoms with van der Waals surface area (Å²) in [7, 11) is 0. The predicted octanol–water partition coefficient (Wildman–Crippen LogP) is 2.18. The number of nitrogens with zero attached hydrogens (tertiary/aromatic N) is 3. The predicted molar refractivity (Wildman–Crippen MR) is 54.8 cm³/mol. The van der Waals surface area contributed by atoms with E-state index in [0.29, 0.717) is 0 Å². The number of fused-ring (bicyclic) bond motifs is 2. The zero-order chi connectivity index (χ0) is 9.38. The molecule has 0 saturated heterocycles. The van der Waals surface area contributed by atoms with E-state index in [4.69, 9.17) is 0 Å². The van der Waals surface area contributed by atoms with Crippen LogP contribution in [0.2, 0.25) is 0 Å². The smallest absolute Gasteiger partial charge is 0.116 e. The van der Waals surface area contributed by atoms with Crippen molar-refractivity contribution in [3.8, 4) is 0 Å². The van der Waals surface area contributed by atoms with Crippen LogP contribution in [0.3, 0.4) is 0 Å². The van der Waals surface area contributed by atoms with E-state index >= 15 is 0 Å². The van der Waals surface area contributed by atoms with Crippen molar-refractivity contribution in [3.05, 3.63) is 43.0 Å². The maximum Gasteiger partial charge on any atom is 0.116 e. The summed E-state index contributed by atoms with van der Waals surface area (Å²) in [4.78, 5) is 12.4. The van der Waals surface area contributed by atoms with E-state index in [0.717, 1.165) is 21.8 Å². The molecular formula is C11H7N3. The Morgan fingerprint density at radius 2 is 1.86 bits per heavy atom. The van der Waals surface area contributed by atoms with E-state index < -0.39 is 0 Å². The Morgan fingerprint density at radius 3 is 2.86 bits per heavy atom. The van der Waals surface area contributed by atoms with Gasteiger partial charge >= 0.3 is 0 Å². The third-order valence-electron chi connectivity index (χ3n) is 2.23. The van der Waals surface area contributed by atoms with Gasteiger partial charge in [-0.1, -0.05) is 6.07 Å². The van der Waals surface area contributed by atoms with Crippen molar-refractivity contribution in [3.63, 3.8) is 0 Å². The third-order valence-corrected chi connectivity index (χ3v) is 2.23. The van der Waals surface area contributed by atoms with Crippen LogP contribution >= 0.6 is 0 Å². The number of hydrogen-bond acceptors (Lipinski definition) is 3. The van der Waals surface area contributed by atoms with Gasteiger partial charge in [0.2, 0.25) is 0 Å². The zero-order valence-electron chi connectivity index (χ0n) is 7.38. The normalized spacial score (nSPS) is 10.9. The SMILES string of the molecule is c1cnc2cc3ncncc3cc2c1. The van der Waals surface area contributed by atoms with Gasteiger partial charge in [0, 0.05) is 23.2 Å². The van der Waals surface area contributed by atoms with Crippen LogP contribution in [-0.4, -0.2) is 15.0 Å². The van der Waals surface area contributed by atoms with Gasteiger partial charge in [0.15, 0.2) is 0 Å². The van der Waals surface area contributed by atoms with Crippen LogP contribution in [0.5, 0.6) is 0 Å². The molecule has 3 heteroatoms. The molecule has 0 aliphatic heterocycles. The van der Waals surface area contributed by atoms with Gasteiger partial charge in [-0.3, -0.25) is 4.98 Å². The van der Waals surface area contributed by atoms with Crippen LogP contribution in [0.25, 0.3) is 21.8 Å². The lowest BCUT2D eigenvalue weighted by molar-refractivity contribution is 1.22. The summed E-state index contributed by atoms with van der Waals surface area (Å²) < 4.78 is 0. The third kappa shape index (κ3) is 1.03. The van der Waals surface area contributed by atoms with Gasteiger partial charge in [-0.15, -0.1) is 0 Å². The molecule has 0 aliphatic carbocycles. The van der Waals surface area contributed by atoms with Gasteiger partial charge in [0.25, 0.3) is 0 Å². The highest BCUT2D eigenvalue weighted by Gasteiger charge is 1.98. The fourth-order valence-corrected chi connectivity index (χ4v) is 1.55. The highest BCUT2D eigenvalue weighted by Crippen LogP contribution is 2.18. The van der Waals surface area contributed by atoms with Crippen molar-refractivity contribution >= 4 is 21.8 Å². The Bertz CT molecular complexity index is 499. The molecule has 0 bridgehead atoms. The van der Waals surface area contributed by atoms with Crippen molar-refractivity contribution < 1.29 is 0 Å². The molecular weight excluding hydrogens is 174 g/mol. The summed E-state index contributed by atoms with van der Waals surface area (Å²) in [6.07, 6.45) is 5.15. The molecule has 0 amide bonds. The second kappa shape index (κ2) is 2.73. The molecule has 3 aromatic rings. The maximum atomic E-state index is 4.27. The largest absolute Gasteiger partial charge is 0.256 e. The summed E-state index contributed by atoms with van der Waals surface area (Å²) in [6, 6.07) is 8.00. The van der Waals surface area contributed by atoms with E-state index in [1.54, 1.807) is 12.5 Å². The average molecular weight is 181 g/mol. The standard InChI is InChI=1S/C11H7N3/c1-2-8-4-9-6-12-7-14-11(9)5-10(8)13-3-1/h1-7H. The molecule has 3 nitrogen and oxygen atoms in total. The van der Waals surface area contributed by atoms with E-state index in [9.17, 15) is 0 Å². The minimum atomic E-state index is 0.936. The lowest BCUT2D eigenvalue weighted by Gasteiger charge is -1.98. The van der Waals surface area contributed by atoms with E-state index in [2.05, 4.69) is 21.0 Å². The van der Waals surface area contributed by atoms with Crippen LogP contribution < -0.4 is 0 Å². The minimum absolute atomic E-state index is 0.936. The molecule has 0 spiro atoms. The Hall–Kier alpha value is -2.03. The van der Waals surface area contributed by atoms with Gasteiger partial charge < -0.3 is 0 Å². The highest BCUT2D eigenvalue weighted by atomic mass is 14.8. The van der Waals surface area contributed by atoms with Crippen molar-refractivity contribution in [2.75, 3.05) is 0 Å². The fourth-order valence-electron chi connectivity index (χ4n) is 1.55. The lowest BCUT2D eigenvalue weighted by atomic mass is 10.1. The molecule has 3 rings (SSSR count). The summed E-state index contributed by atoms with van der Waals surface area (Å²) in [5, 5.41) is 2.17. The molecule has 0 fully saturated rings. The van der Waals surface area contributed by atoms with Crippen LogP contribution in [0, 0.1) is 0 Å². The van der Waals surface area contributed by atoms with Crippen molar-refractivity contribution in [2.24, 2.45) is 0 Å². The molecule has 2 aromatic heterocycles. The van der Waals surface area contributed by atoms with Gasteiger partial charge in [-0.25, -0.2) is 9.97 Å². The number of hydrogen-bond donors (Lipinski definition) is 0. The molecule has 2 heterocycles. The number of benzene rings is 1.